The van der Waals surface area contributed by atoms with Crippen LogP contribution in [0.5, 0.6) is 0 Å². The molecule has 3 nitrogen and oxygen atoms in total. The monoisotopic (exact) mass is 311 g/mol. The van der Waals surface area contributed by atoms with Crippen molar-refractivity contribution in [2.24, 2.45) is 0 Å². The second-order valence-corrected chi connectivity index (χ2v) is 4.65. The fourth-order valence-electron chi connectivity index (χ4n) is 2.46. The van der Waals surface area contributed by atoms with Crippen molar-refractivity contribution < 1.29 is 0 Å². The summed E-state index contributed by atoms with van der Waals surface area (Å²) in [7, 11) is 0. The molecule has 124 valence electrons. The maximum atomic E-state index is 8.43. The Morgan fingerprint density at radius 1 is 0.652 bits per heavy atom. The minimum atomic E-state index is 0.559. The van der Waals surface area contributed by atoms with Gasteiger partial charge in [0.2, 0.25) is 5.96 Å². The first-order valence-corrected chi connectivity index (χ1v) is 8.60. The van der Waals surface area contributed by atoms with Crippen LogP contribution >= 0.6 is 0 Å². The summed E-state index contributed by atoms with van der Waals surface area (Å²) in [5.41, 5.74) is 2.18. The van der Waals surface area contributed by atoms with Crippen molar-refractivity contribution >= 4 is 17.3 Å². The van der Waals surface area contributed by atoms with Gasteiger partial charge in [-0.1, -0.05) is 64.1 Å². The van der Waals surface area contributed by atoms with E-state index in [0.717, 1.165) is 30.9 Å². The molecule has 1 fully saturated rings. The van der Waals surface area contributed by atoms with Crippen LogP contribution in [0.3, 0.4) is 0 Å². The molecule has 3 heteroatoms. The molecule has 1 aliphatic heterocycles. The first-order valence-electron chi connectivity index (χ1n) is 8.60. The van der Waals surface area contributed by atoms with Crippen LogP contribution in [0.25, 0.3) is 0 Å². The van der Waals surface area contributed by atoms with Crippen LogP contribution in [-0.4, -0.2) is 19.0 Å². The third-order valence-corrected chi connectivity index (χ3v) is 3.41. The van der Waals surface area contributed by atoms with Crippen molar-refractivity contribution in [3.63, 3.8) is 0 Å². The van der Waals surface area contributed by atoms with E-state index < -0.39 is 0 Å². The molecular weight excluding hydrogens is 282 g/mol. The summed E-state index contributed by atoms with van der Waals surface area (Å²) in [6.07, 6.45) is 1.06. The summed E-state index contributed by atoms with van der Waals surface area (Å²) in [5.74, 6) is 0.559. The highest BCUT2D eigenvalue weighted by molar-refractivity contribution is 6.05. The van der Waals surface area contributed by atoms with Crippen molar-refractivity contribution in [3.8, 4) is 0 Å². The zero-order valence-electron chi connectivity index (χ0n) is 14.8. The van der Waals surface area contributed by atoms with Gasteiger partial charge in [-0.2, -0.15) is 0 Å². The number of guanidine groups is 1. The number of hydrogen-bond acceptors (Lipinski definition) is 1. The van der Waals surface area contributed by atoms with E-state index in [0.29, 0.717) is 5.96 Å². The Bertz CT molecular complexity index is 502. The number of para-hydroxylation sites is 2. The maximum absolute atomic E-state index is 8.43. The van der Waals surface area contributed by atoms with Gasteiger partial charge in [-0.3, -0.25) is 5.41 Å². The van der Waals surface area contributed by atoms with E-state index in [-0.39, 0.29) is 0 Å². The molecule has 1 aliphatic rings. The fourth-order valence-corrected chi connectivity index (χ4v) is 2.46. The predicted molar refractivity (Wildman–Crippen MR) is 103 cm³/mol. The highest BCUT2D eigenvalue weighted by atomic mass is 15.4. The number of nitrogens with one attached hydrogen (secondary N) is 1. The molecule has 0 radical (unpaired) electrons. The van der Waals surface area contributed by atoms with Gasteiger partial charge in [0, 0.05) is 24.5 Å². The van der Waals surface area contributed by atoms with Crippen LogP contribution in [0.15, 0.2) is 60.7 Å². The third-order valence-electron chi connectivity index (χ3n) is 3.41. The molecule has 2 aromatic rings. The first-order chi connectivity index (χ1) is 11.4. The van der Waals surface area contributed by atoms with Gasteiger partial charge in [0.25, 0.3) is 0 Å². The Kier molecular flexibility index (Phi) is 8.51. The van der Waals surface area contributed by atoms with Crippen molar-refractivity contribution in [1.82, 2.24) is 0 Å². The number of anilines is 2. The molecule has 2 aromatic carbocycles. The molecule has 0 saturated carbocycles. The summed E-state index contributed by atoms with van der Waals surface area (Å²) in [4.78, 5) is 4.13. The summed E-state index contributed by atoms with van der Waals surface area (Å²) >= 11 is 0. The second-order valence-electron chi connectivity index (χ2n) is 4.65. The van der Waals surface area contributed by atoms with Crippen molar-refractivity contribution in [2.75, 3.05) is 22.9 Å². The summed E-state index contributed by atoms with van der Waals surface area (Å²) in [5, 5.41) is 8.43. The van der Waals surface area contributed by atoms with E-state index in [4.69, 9.17) is 5.41 Å². The molecule has 23 heavy (non-hydrogen) atoms. The molecule has 3 rings (SSSR count). The molecule has 0 atom stereocenters. The molecule has 0 aromatic heterocycles. The molecule has 1 N–H and O–H groups in total. The van der Waals surface area contributed by atoms with Gasteiger partial charge in [0.15, 0.2) is 0 Å². The molecule has 1 saturated heterocycles. The first kappa shape index (κ1) is 18.8. The lowest BCUT2D eigenvalue weighted by atomic mass is 10.2. The Hall–Kier alpha value is -2.29. The molecular formula is C20H29N3. The van der Waals surface area contributed by atoms with E-state index in [1.54, 1.807) is 0 Å². The minimum Gasteiger partial charge on any atom is -0.312 e. The number of benzene rings is 2. The van der Waals surface area contributed by atoms with Gasteiger partial charge >= 0.3 is 0 Å². The zero-order valence-corrected chi connectivity index (χ0v) is 14.8. The molecule has 0 unspecified atom stereocenters. The van der Waals surface area contributed by atoms with Crippen LogP contribution in [0.1, 0.15) is 34.1 Å². The summed E-state index contributed by atoms with van der Waals surface area (Å²) < 4.78 is 0. The molecule has 0 aliphatic carbocycles. The smallest absolute Gasteiger partial charge is 0.202 e. The van der Waals surface area contributed by atoms with Crippen LogP contribution in [-0.2, 0) is 0 Å². The minimum absolute atomic E-state index is 0.559. The Morgan fingerprint density at radius 3 is 1.35 bits per heavy atom. The number of nitrogens with zero attached hydrogens (tertiary/aromatic N) is 2. The Labute approximate surface area is 141 Å². The van der Waals surface area contributed by atoms with Crippen LogP contribution in [0.4, 0.5) is 11.4 Å². The van der Waals surface area contributed by atoms with Gasteiger partial charge in [-0.25, -0.2) is 0 Å². The van der Waals surface area contributed by atoms with Crippen LogP contribution in [0, 0.1) is 5.41 Å². The van der Waals surface area contributed by atoms with Gasteiger partial charge in [0.05, 0.1) is 0 Å². The van der Waals surface area contributed by atoms with Crippen molar-refractivity contribution in [1.29, 1.82) is 5.41 Å². The van der Waals surface area contributed by atoms with Crippen molar-refractivity contribution in [3.05, 3.63) is 60.7 Å². The normalized spacial score (nSPS) is 13.5. The van der Waals surface area contributed by atoms with Gasteiger partial charge in [0.1, 0.15) is 0 Å². The summed E-state index contributed by atoms with van der Waals surface area (Å²) in [6, 6.07) is 20.3. The molecule has 0 spiro atoms. The Morgan fingerprint density at radius 2 is 1.00 bits per heavy atom. The molecule has 0 bridgehead atoms. The van der Waals surface area contributed by atoms with Gasteiger partial charge in [-0.15, -0.1) is 0 Å². The lowest BCUT2D eigenvalue weighted by Gasteiger charge is -2.38. The van der Waals surface area contributed by atoms with Gasteiger partial charge < -0.3 is 9.80 Å². The second kappa shape index (κ2) is 10.4. The topological polar surface area (TPSA) is 30.3 Å². The maximum Gasteiger partial charge on any atom is 0.202 e. The average Bonchev–Trinajstić information content (AvgIpc) is 2.67. The highest BCUT2D eigenvalue weighted by Crippen LogP contribution is 2.23. The lowest BCUT2D eigenvalue weighted by molar-refractivity contribution is 0.754. The van der Waals surface area contributed by atoms with E-state index in [1.165, 1.54) is 0 Å². The van der Waals surface area contributed by atoms with Crippen molar-refractivity contribution in [2.45, 2.75) is 34.1 Å². The standard InChI is InChI=1S/C16H17N3.2C2H6/c17-16-18(14-8-3-1-4-9-14)12-7-13-19(16)15-10-5-2-6-11-15;2*1-2/h1-6,8-11,17H,7,12-13H2;2*1-2H3. The largest absolute Gasteiger partial charge is 0.312 e. The third kappa shape index (κ3) is 4.85. The lowest BCUT2D eigenvalue weighted by Crippen LogP contribution is -2.50. The quantitative estimate of drug-likeness (QED) is 0.806. The zero-order chi connectivity index (χ0) is 17.1. The number of rotatable bonds is 2. The molecule has 0 amide bonds. The van der Waals surface area contributed by atoms with E-state index >= 15 is 0 Å². The average molecular weight is 311 g/mol. The SMILES string of the molecule is CC.CC.N=C1N(c2ccccc2)CCCN1c1ccccc1. The number of hydrogen-bond donors (Lipinski definition) is 1. The van der Waals surface area contributed by atoms with E-state index in [1.807, 2.05) is 64.1 Å². The van der Waals surface area contributed by atoms with E-state index in [9.17, 15) is 0 Å². The Balaban J connectivity index is 0.000000615. The van der Waals surface area contributed by atoms with Crippen LogP contribution in [0.2, 0.25) is 0 Å². The molecule has 1 heterocycles. The summed E-state index contributed by atoms with van der Waals surface area (Å²) in [6.45, 7) is 9.82. The predicted octanol–water partition coefficient (Wildman–Crippen LogP) is 5.39. The van der Waals surface area contributed by atoms with Gasteiger partial charge in [-0.05, 0) is 30.7 Å². The van der Waals surface area contributed by atoms with E-state index in [2.05, 4.69) is 34.1 Å². The fraction of sp³-hybridized carbons (Fsp3) is 0.350. The highest BCUT2D eigenvalue weighted by Gasteiger charge is 2.24. The van der Waals surface area contributed by atoms with Crippen LogP contribution < -0.4 is 9.80 Å².